The maximum atomic E-state index is 9.67. The minimum atomic E-state index is -0.179. The number of aliphatic hydroxyl groups excluding tert-OH is 1. The fraction of sp³-hybridized carbons (Fsp3) is 1.00. The molecular weight excluding hydrogens is 140 g/mol. The van der Waals surface area contributed by atoms with Gasteiger partial charge in [-0.1, -0.05) is 6.92 Å². The molecular formula is C9H16O2. The van der Waals surface area contributed by atoms with Crippen molar-refractivity contribution >= 4 is 0 Å². The summed E-state index contributed by atoms with van der Waals surface area (Å²) < 4.78 is 5.28. The Morgan fingerprint density at radius 1 is 1.36 bits per heavy atom. The molecule has 2 heteroatoms. The van der Waals surface area contributed by atoms with Crippen LogP contribution >= 0.6 is 0 Å². The fourth-order valence-corrected chi connectivity index (χ4v) is 2.90. The van der Waals surface area contributed by atoms with Crippen molar-refractivity contribution in [3.05, 3.63) is 0 Å². The van der Waals surface area contributed by atoms with E-state index in [9.17, 15) is 5.11 Å². The zero-order valence-electron chi connectivity index (χ0n) is 7.16. The van der Waals surface area contributed by atoms with Crippen LogP contribution in [0.2, 0.25) is 0 Å². The summed E-state index contributed by atoms with van der Waals surface area (Å²) >= 11 is 0. The molecule has 2 nitrogen and oxygen atoms in total. The summed E-state index contributed by atoms with van der Waals surface area (Å²) in [4.78, 5) is 0. The predicted molar refractivity (Wildman–Crippen MR) is 42.2 cm³/mol. The second-order valence-electron chi connectivity index (χ2n) is 4.06. The third-order valence-electron chi connectivity index (χ3n) is 3.49. The monoisotopic (exact) mass is 156 g/mol. The molecule has 64 valence electrons. The first-order valence-corrected chi connectivity index (χ1v) is 4.45. The fourth-order valence-electron chi connectivity index (χ4n) is 2.90. The summed E-state index contributed by atoms with van der Waals surface area (Å²) in [5.41, 5.74) is 0. The van der Waals surface area contributed by atoms with Crippen LogP contribution in [0.4, 0.5) is 0 Å². The molecule has 2 bridgehead atoms. The van der Waals surface area contributed by atoms with E-state index >= 15 is 0 Å². The first-order chi connectivity index (χ1) is 5.24. The van der Waals surface area contributed by atoms with Gasteiger partial charge in [-0.15, -0.1) is 0 Å². The van der Waals surface area contributed by atoms with E-state index in [4.69, 9.17) is 4.74 Å². The summed E-state index contributed by atoms with van der Waals surface area (Å²) in [6, 6.07) is 0. The predicted octanol–water partition coefficient (Wildman–Crippen LogP) is 1.04. The minimum Gasteiger partial charge on any atom is -0.390 e. The van der Waals surface area contributed by atoms with Gasteiger partial charge in [0, 0.05) is 7.11 Å². The molecule has 0 aromatic heterocycles. The van der Waals surface area contributed by atoms with Crippen molar-refractivity contribution in [1.29, 1.82) is 0 Å². The molecule has 0 saturated heterocycles. The number of ether oxygens (including phenoxy) is 1. The highest BCUT2D eigenvalue weighted by Crippen LogP contribution is 2.49. The number of hydrogen-bond acceptors (Lipinski definition) is 2. The van der Waals surface area contributed by atoms with E-state index in [1.165, 1.54) is 12.8 Å². The Hall–Kier alpha value is -0.0800. The normalized spacial score (nSPS) is 55.4. The van der Waals surface area contributed by atoms with Gasteiger partial charge in [0.1, 0.15) is 0 Å². The van der Waals surface area contributed by atoms with Crippen LogP contribution in [-0.4, -0.2) is 24.4 Å². The summed E-state index contributed by atoms with van der Waals surface area (Å²) in [7, 11) is 1.71. The van der Waals surface area contributed by atoms with Crippen molar-refractivity contribution in [1.82, 2.24) is 0 Å². The molecule has 2 saturated carbocycles. The minimum absolute atomic E-state index is 0.128. The van der Waals surface area contributed by atoms with Crippen LogP contribution in [0.25, 0.3) is 0 Å². The molecule has 0 heterocycles. The maximum absolute atomic E-state index is 9.67. The van der Waals surface area contributed by atoms with Gasteiger partial charge in [-0.2, -0.15) is 0 Å². The van der Waals surface area contributed by atoms with E-state index in [1.54, 1.807) is 7.11 Å². The molecule has 11 heavy (non-hydrogen) atoms. The molecule has 0 amide bonds. The molecule has 0 radical (unpaired) electrons. The lowest BCUT2D eigenvalue weighted by molar-refractivity contribution is -0.0558. The maximum Gasteiger partial charge on any atom is 0.0863 e. The molecule has 2 aliphatic rings. The van der Waals surface area contributed by atoms with Gasteiger partial charge < -0.3 is 9.84 Å². The van der Waals surface area contributed by atoms with Crippen LogP contribution in [-0.2, 0) is 4.74 Å². The Labute approximate surface area is 67.6 Å². The van der Waals surface area contributed by atoms with Crippen LogP contribution in [0.1, 0.15) is 19.8 Å². The lowest BCUT2D eigenvalue weighted by Gasteiger charge is -2.29. The van der Waals surface area contributed by atoms with Gasteiger partial charge in [-0.3, -0.25) is 0 Å². The third kappa shape index (κ3) is 0.926. The van der Waals surface area contributed by atoms with Gasteiger partial charge >= 0.3 is 0 Å². The van der Waals surface area contributed by atoms with Gasteiger partial charge in [-0.05, 0) is 30.6 Å². The Kier molecular flexibility index (Phi) is 1.69. The average molecular weight is 156 g/mol. The van der Waals surface area contributed by atoms with E-state index in [0.717, 1.165) is 5.92 Å². The zero-order chi connectivity index (χ0) is 8.01. The Morgan fingerprint density at radius 2 is 2.09 bits per heavy atom. The van der Waals surface area contributed by atoms with E-state index in [-0.39, 0.29) is 12.2 Å². The van der Waals surface area contributed by atoms with Gasteiger partial charge in [0.05, 0.1) is 12.2 Å². The smallest absolute Gasteiger partial charge is 0.0863 e. The van der Waals surface area contributed by atoms with Crippen molar-refractivity contribution in [2.24, 2.45) is 17.8 Å². The van der Waals surface area contributed by atoms with Gasteiger partial charge in [-0.25, -0.2) is 0 Å². The second-order valence-corrected chi connectivity index (χ2v) is 4.06. The molecule has 5 atom stereocenters. The highest BCUT2D eigenvalue weighted by molar-refractivity contribution is 5.00. The summed E-state index contributed by atoms with van der Waals surface area (Å²) in [6.07, 6.45) is 2.33. The Bertz CT molecular complexity index is 158. The number of methoxy groups -OCH3 is 1. The van der Waals surface area contributed by atoms with E-state index < -0.39 is 0 Å². The van der Waals surface area contributed by atoms with Gasteiger partial charge in [0.2, 0.25) is 0 Å². The zero-order valence-corrected chi connectivity index (χ0v) is 7.16. The highest BCUT2D eigenvalue weighted by Gasteiger charge is 2.50. The topological polar surface area (TPSA) is 29.5 Å². The second kappa shape index (κ2) is 2.46. The van der Waals surface area contributed by atoms with E-state index in [2.05, 4.69) is 6.92 Å². The van der Waals surface area contributed by atoms with Crippen LogP contribution in [0, 0.1) is 17.8 Å². The van der Waals surface area contributed by atoms with Crippen LogP contribution in [0.3, 0.4) is 0 Å². The van der Waals surface area contributed by atoms with Crippen molar-refractivity contribution in [2.75, 3.05) is 7.11 Å². The quantitative estimate of drug-likeness (QED) is 0.614. The first kappa shape index (κ1) is 7.56. The molecule has 0 aromatic rings. The number of rotatable bonds is 1. The number of aliphatic hydroxyl groups is 1. The third-order valence-corrected chi connectivity index (χ3v) is 3.49. The highest BCUT2D eigenvalue weighted by atomic mass is 16.5. The van der Waals surface area contributed by atoms with Crippen molar-refractivity contribution < 1.29 is 9.84 Å². The Morgan fingerprint density at radius 3 is 2.55 bits per heavy atom. The summed E-state index contributed by atoms with van der Waals surface area (Å²) in [5.74, 6) is 1.91. The average Bonchev–Trinajstić information content (AvgIpc) is 2.45. The molecule has 2 aliphatic carbocycles. The first-order valence-electron chi connectivity index (χ1n) is 4.45. The van der Waals surface area contributed by atoms with Crippen molar-refractivity contribution in [2.45, 2.75) is 32.0 Å². The molecule has 2 fully saturated rings. The SMILES string of the molecule is COC1C(O)C2CC(C)C1C2. The lowest BCUT2D eigenvalue weighted by Crippen LogP contribution is -2.37. The van der Waals surface area contributed by atoms with Crippen molar-refractivity contribution in [3.8, 4) is 0 Å². The lowest BCUT2D eigenvalue weighted by atomic mass is 9.86. The summed E-state index contributed by atoms with van der Waals surface area (Å²) in [6.45, 7) is 2.27. The number of fused-ring (bicyclic) bond motifs is 2. The van der Waals surface area contributed by atoms with Crippen LogP contribution in [0.15, 0.2) is 0 Å². The van der Waals surface area contributed by atoms with E-state index in [0.29, 0.717) is 11.8 Å². The van der Waals surface area contributed by atoms with Crippen LogP contribution < -0.4 is 0 Å². The Balaban J connectivity index is 2.13. The van der Waals surface area contributed by atoms with E-state index in [1.807, 2.05) is 0 Å². The molecule has 5 unspecified atom stereocenters. The standard InChI is InChI=1S/C9H16O2/c1-5-3-6-4-7(5)9(11-2)8(6)10/h5-10H,3-4H2,1-2H3. The largest absolute Gasteiger partial charge is 0.390 e. The van der Waals surface area contributed by atoms with Crippen LogP contribution in [0.5, 0.6) is 0 Å². The van der Waals surface area contributed by atoms with Gasteiger partial charge in [0.25, 0.3) is 0 Å². The molecule has 2 rings (SSSR count). The van der Waals surface area contributed by atoms with Crippen molar-refractivity contribution in [3.63, 3.8) is 0 Å². The molecule has 1 N–H and O–H groups in total. The number of hydrogen-bond donors (Lipinski definition) is 1. The van der Waals surface area contributed by atoms with Gasteiger partial charge in [0.15, 0.2) is 0 Å². The molecule has 0 spiro atoms. The molecule has 0 aliphatic heterocycles. The summed E-state index contributed by atoms with van der Waals surface area (Å²) in [5, 5.41) is 9.67. The molecule has 0 aromatic carbocycles.